The molecule has 0 aromatic carbocycles. The summed E-state index contributed by atoms with van der Waals surface area (Å²) in [5, 5.41) is 0. The summed E-state index contributed by atoms with van der Waals surface area (Å²) in [4.78, 5) is 0. The Morgan fingerprint density at radius 3 is 2.15 bits per heavy atom. The van der Waals surface area contributed by atoms with E-state index in [-0.39, 0.29) is 8.80 Å². The van der Waals surface area contributed by atoms with Crippen LogP contribution in [0.15, 0.2) is 0 Å². The largest absolute Gasteiger partial charge is 0.417 e. The average molecular weight is 218 g/mol. The summed E-state index contributed by atoms with van der Waals surface area (Å²) in [6, 6.07) is 1.47. The van der Waals surface area contributed by atoms with E-state index < -0.39 is 8.32 Å². The van der Waals surface area contributed by atoms with E-state index in [1.807, 2.05) is 0 Å². The van der Waals surface area contributed by atoms with Crippen LogP contribution in [0.4, 0.5) is 0 Å². The van der Waals surface area contributed by atoms with Crippen molar-refractivity contribution in [3.05, 3.63) is 0 Å². The first-order chi connectivity index (χ1) is 5.81. The SMILES string of the molecule is CC(CC[SiH](C)C)CO[Si](C)(C)C. The Balaban J connectivity index is 3.46. The molecule has 0 aromatic heterocycles. The first kappa shape index (κ1) is 13.4. The molecular weight excluding hydrogens is 192 g/mol. The Morgan fingerprint density at radius 1 is 1.23 bits per heavy atom. The fraction of sp³-hybridized carbons (Fsp3) is 1.00. The van der Waals surface area contributed by atoms with Crippen LogP contribution in [0.3, 0.4) is 0 Å². The highest BCUT2D eigenvalue weighted by Gasteiger charge is 2.15. The lowest BCUT2D eigenvalue weighted by atomic mass is 10.1. The monoisotopic (exact) mass is 218 g/mol. The summed E-state index contributed by atoms with van der Waals surface area (Å²) in [6.07, 6.45) is 1.37. The zero-order valence-electron chi connectivity index (χ0n) is 10.2. The van der Waals surface area contributed by atoms with Crippen LogP contribution in [-0.4, -0.2) is 23.7 Å². The Labute approximate surface area is 86.6 Å². The molecule has 0 radical (unpaired) electrons. The second-order valence-corrected chi connectivity index (χ2v) is 13.4. The van der Waals surface area contributed by atoms with E-state index in [0.29, 0.717) is 0 Å². The van der Waals surface area contributed by atoms with Crippen LogP contribution in [-0.2, 0) is 4.43 Å². The minimum atomic E-state index is -1.26. The van der Waals surface area contributed by atoms with E-state index >= 15 is 0 Å². The van der Waals surface area contributed by atoms with E-state index in [1.54, 1.807) is 0 Å². The molecule has 13 heavy (non-hydrogen) atoms. The molecule has 0 rings (SSSR count). The van der Waals surface area contributed by atoms with Crippen molar-refractivity contribution < 1.29 is 4.43 Å². The maximum Gasteiger partial charge on any atom is 0.183 e. The van der Waals surface area contributed by atoms with Crippen molar-refractivity contribution >= 4 is 17.1 Å². The van der Waals surface area contributed by atoms with Gasteiger partial charge in [0.2, 0.25) is 0 Å². The lowest BCUT2D eigenvalue weighted by Gasteiger charge is -2.21. The molecule has 0 fully saturated rings. The Kier molecular flexibility index (Phi) is 6.17. The molecule has 0 aliphatic heterocycles. The maximum absolute atomic E-state index is 5.88. The first-order valence-corrected chi connectivity index (χ1v) is 12.0. The molecule has 0 heterocycles. The molecule has 0 saturated carbocycles. The van der Waals surface area contributed by atoms with Gasteiger partial charge >= 0.3 is 0 Å². The second kappa shape index (κ2) is 5.99. The summed E-state index contributed by atoms with van der Waals surface area (Å²) in [5.74, 6) is 0.765. The van der Waals surface area contributed by atoms with Gasteiger partial charge in [-0.3, -0.25) is 0 Å². The molecule has 0 aliphatic carbocycles. The van der Waals surface area contributed by atoms with E-state index in [2.05, 4.69) is 39.7 Å². The highest BCUT2D eigenvalue weighted by molar-refractivity contribution is 6.69. The molecule has 3 heteroatoms. The molecule has 1 nitrogen and oxygen atoms in total. The molecule has 0 N–H and O–H groups in total. The molecule has 1 unspecified atom stereocenters. The molecule has 0 amide bonds. The molecular formula is C10H26OSi2. The van der Waals surface area contributed by atoms with Crippen molar-refractivity contribution in [2.24, 2.45) is 5.92 Å². The third kappa shape index (κ3) is 10.3. The van der Waals surface area contributed by atoms with Gasteiger partial charge in [0, 0.05) is 15.4 Å². The fourth-order valence-electron chi connectivity index (χ4n) is 1.09. The van der Waals surface area contributed by atoms with Crippen molar-refractivity contribution in [2.45, 2.75) is 52.1 Å². The van der Waals surface area contributed by atoms with E-state index in [9.17, 15) is 0 Å². The molecule has 0 bridgehead atoms. The highest BCUT2D eigenvalue weighted by Crippen LogP contribution is 2.12. The standard InChI is InChI=1S/C10H26OSi2/c1-10(7-8-12(2)3)9-11-13(4,5)6/h10,12H,7-9H2,1-6H3. The van der Waals surface area contributed by atoms with E-state index in [1.165, 1.54) is 12.5 Å². The summed E-state index contributed by atoms with van der Waals surface area (Å²) < 4.78 is 5.88. The van der Waals surface area contributed by atoms with Gasteiger partial charge in [-0.05, 0) is 25.6 Å². The Bertz CT molecular complexity index is 129. The number of hydrogen-bond acceptors (Lipinski definition) is 1. The normalized spacial score (nSPS) is 15.0. The predicted octanol–water partition coefficient (Wildman–Crippen LogP) is 3.35. The molecule has 80 valence electrons. The Hall–Kier alpha value is 0.394. The quantitative estimate of drug-likeness (QED) is 0.621. The van der Waals surface area contributed by atoms with Crippen LogP contribution in [0, 0.1) is 5.92 Å². The van der Waals surface area contributed by atoms with Crippen LogP contribution in [0.2, 0.25) is 38.8 Å². The van der Waals surface area contributed by atoms with Gasteiger partial charge in [-0.1, -0.05) is 32.5 Å². The van der Waals surface area contributed by atoms with Crippen molar-refractivity contribution in [3.63, 3.8) is 0 Å². The fourth-order valence-corrected chi connectivity index (χ4v) is 3.11. The van der Waals surface area contributed by atoms with Crippen molar-refractivity contribution in [2.75, 3.05) is 6.61 Å². The maximum atomic E-state index is 5.88. The van der Waals surface area contributed by atoms with E-state index in [0.717, 1.165) is 12.5 Å². The Morgan fingerprint density at radius 2 is 1.77 bits per heavy atom. The molecule has 0 aliphatic rings. The van der Waals surface area contributed by atoms with Crippen molar-refractivity contribution in [1.82, 2.24) is 0 Å². The highest BCUT2D eigenvalue weighted by atomic mass is 28.4. The van der Waals surface area contributed by atoms with Gasteiger partial charge in [0.1, 0.15) is 0 Å². The van der Waals surface area contributed by atoms with Gasteiger partial charge in [-0.15, -0.1) is 0 Å². The minimum absolute atomic E-state index is 0.338. The smallest absolute Gasteiger partial charge is 0.183 e. The number of rotatable bonds is 6. The third-order valence-corrected chi connectivity index (χ3v) is 4.56. The van der Waals surface area contributed by atoms with Gasteiger partial charge < -0.3 is 4.43 Å². The first-order valence-electron chi connectivity index (χ1n) is 5.45. The zero-order valence-corrected chi connectivity index (χ0v) is 12.3. The van der Waals surface area contributed by atoms with Crippen LogP contribution in [0.25, 0.3) is 0 Å². The van der Waals surface area contributed by atoms with Gasteiger partial charge in [-0.2, -0.15) is 0 Å². The summed E-state index contributed by atoms with van der Waals surface area (Å²) >= 11 is 0. The van der Waals surface area contributed by atoms with Gasteiger partial charge in [-0.25, -0.2) is 0 Å². The van der Waals surface area contributed by atoms with E-state index in [4.69, 9.17) is 4.43 Å². The average Bonchev–Trinajstić information content (AvgIpc) is 1.95. The summed E-state index contributed by atoms with van der Waals surface area (Å²) in [6.45, 7) is 14.9. The van der Waals surface area contributed by atoms with Gasteiger partial charge in [0.05, 0.1) is 0 Å². The molecule has 1 atom stereocenters. The lowest BCUT2D eigenvalue weighted by molar-refractivity contribution is 0.250. The van der Waals surface area contributed by atoms with Gasteiger partial charge in [0.15, 0.2) is 8.32 Å². The molecule has 0 spiro atoms. The predicted molar refractivity (Wildman–Crippen MR) is 66.8 cm³/mol. The van der Waals surface area contributed by atoms with Crippen molar-refractivity contribution in [1.29, 1.82) is 0 Å². The van der Waals surface area contributed by atoms with Gasteiger partial charge in [0.25, 0.3) is 0 Å². The van der Waals surface area contributed by atoms with Crippen LogP contribution in [0.5, 0.6) is 0 Å². The third-order valence-electron chi connectivity index (χ3n) is 2.04. The summed E-state index contributed by atoms with van der Waals surface area (Å²) in [7, 11) is -1.60. The minimum Gasteiger partial charge on any atom is -0.417 e. The van der Waals surface area contributed by atoms with Crippen molar-refractivity contribution in [3.8, 4) is 0 Å². The molecule has 0 aromatic rings. The second-order valence-electron chi connectivity index (χ2n) is 5.50. The lowest BCUT2D eigenvalue weighted by Crippen LogP contribution is -2.28. The summed E-state index contributed by atoms with van der Waals surface area (Å²) in [5.41, 5.74) is 0. The van der Waals surface area contributed by atoms with Crippen LogP contribution < -0.4 is 0 Å². The van der Waals surface area contributed by atoms with Crippen LogP contribution in [0.1, 0.15) is 13.3 Å². The zero-order chi connectivity index (χ0) is 10.5. The molecule has 0 saturated heterocycles. The topological polar surface area (TPSA) is 9.23 Å². The number of hydrogen-bond donors (Lipinski definition) is 0. The van der Waals surface area contributed by atoms with Crippen LogP contribution >= 0.6 is 0 Å².